The molecule has 74 heavy (non-hydrogen) atoms. The highest BCUT2D eigenvalue weighted by Gasteiger charge is 2.36. The average Bonchev–Trinajstić information content (AvgIpc) is 3.98. The summed E-state index contributed by atoms with van der Waals surface area (Å²) in [7, 11) is 4.70. The van der Waals surface area contributed by atoms with Crippen LogP contribution in [0, 0.1) is 0 Å². The summed E-state index contributed by atoms with van der Waals surface area (Å²) in [6, 6.07) is 10.2. The van der Waals surface area contributed by atoms with Crippen molar-refractivity contribution in [3.05, 3.63) is 82.2 Å². The number of nitrogens with zero attached hydrogens (tertiary/aromatic N) is 6. The van der Waals surface area contributed by atoms with E-state index in [-0.39, 0.29) is 42.9 Å². The Hall–Kier alpha value is -6.22. The Bertz CT molecular complexity index is 2380. The van der Waals surface area contributed by atoms with Crippen molar-refractivity contribution >= 4 is 41.4 Å². The molecule has 1 aromatic heterocycles. The molecule has 0 saturated carbocycles. The minimum atomic E-state index is -0.125. The maximum atomic E-state index is 13.8. The van der Waals surface area contributed by atoms with E-state index in [1.54, 1.807) is 38.3 Å². The third-order valence-corrected chi connectivity index (χ3v) is 13.1. The second kappa shape index (κ2) is 28.5. The molecule has 0 aliphatic carbocycles. The number of ketones is 1. The summed E-state index contributed by atoms with van der Waals surface area (Å²) in [4.78, 5) is 59.7. The molecule has 400 valence electrons. The van der Waals surface area contributed by atoms with Crippen LogP contribution in [0.15, 0.2) is 69.7 Å². The minimum Gasteiger partial charge on any atom is -0.493 e. The molecule has 0 N–H and O–H groups in total. The molecule has 0 bridgehead atoms. The summed E-state index contributed by atoms with van der Waals surface area (Å²) in [6.45, 7) is 13.3. The van der Waals surface area contributed by atoms with E-state index in [4.69, 9.17) is 62.3 Å². The van der Waals surface area contributed by atoms with Gasteiger partial charge in [0.05, 0.1) is 120 Å². The molecule has 19 nitrogen and oxygen atoms in total. The number of allylic oxidation sites excluding steroid dienone is 2. The van der Waals surface area contributed by atoms with Gasteiger partial charge in [-0.15, -0.1) is 0 Å². The quantitative estimate of drug-likeness (QED) is 0.0484. The zero-order valence-electron chi connectivity index (χ0n) is 43.8. The Morgan fingerprint density at radius 1 is 0.608 bits per heavy atom. The smallest absolute Gasteiger partial charge is 0.257 e. The molecule has 2 atom stereocenters. The largest absolute Gasteiger partial charge is 0.493 e. The van der Waals surface area contributed by atoms with Crippen molar-refractivity contribution in [3.8, 4) is 28.7 Å². The highest BCUT2D eigenvalue weighted by atomic mass is 16.6. The molecule has 2 fully saturated rings. The Morgan fingerprint density at radius 2 is 1.08 bits per heavy atom. The molecular formula is C55H72N6O13. The van der Waals surface area contributed by atoms with Crippen LogP contribution in [-0.2, 0) is 41.7 Å². The summed E-state index contributed by atoms with van der Waals surface area (Å²) in [5.41, 5.74) is 5.33. The number of amides is 2. The van der Waals surface area contributed by atoms with Crippen LogP contribution in [0.5, 0.6) is 28.7 Å². The van der Waals surface area contributed by atoms with Gasteiger partial charge in [-0.25, -0.2) is 0 Å². The van der Waals surface area contributed by atoms with Crippen LogP contribution in [0.3, 0.4) is 0 Å². The van der Waals surface area contributed by atoms with E-state index in [2.05, 4.69) is 17.1 Å². The number of carbonyl (C=O) groups excluding carboxylic acids is 3. The van der Waals surface area contributed by atoms with E-state index in [9.17, 15) is 14.4 Å². The fourth-order valence-electron chi connectivity index (χ4n) is 8.96. The molecule has 2 amide bonds. The zero-order valence-corrected chi connectivity index (χ0v) is 43.8. The van der Waals surface area contributed by atoms with Crippen molar-refractivity contribution in [1.82, 2.24) is 19.7 Å². The topological polar surface area (TPSA) is 191 Å². The zero-order chi connectivity index (χ0) is 52.2. The Morgan fingerprint density at radius 3 is 1.54 bits per heavy atom. The SMILES string of the molecule is C/C=C1\C[C@H]2C=Nc3cc(OCc4cc(OCCN(CCCC(C)=O)CCOCCOCCOCCOCCOC)cc(COc5cc6c(cc5OC)C(=O)N5C/C(=C/C)C[C@H]5C=N6)n4)c(OC)cc3C(=O)N2C1. The molecule has 0 spiro atoms. The number of aromatic nitrogens is 1. The first kappa shape index (κ1) is 55.5. The van der Waals surface area contributed by atoms with E-state index in [0.29, 0.717) is 174 Å². The number of rotatable bonds is 31. The molecule has 4 aliphatic rings. The second-order valence-electron chi connectivity index (χ2n) is 18.2. The number of ether oxygens (including phenoxy) is 10. The number of methoxy groups -OCH3 is 3. The van der Waals surface area contributed by atoms with E-state index < -0.39 is 0 Å². The van der Waals surface area contributed by atoms with Gasteiger partial charge in [-0.3, -0.25) is 29.5 Å². The van der Waals surface area contributed by atoms with Crippen molar-refractivity contribution in [2.45, 2.75) is 71.8 Å². The van der Waals surface area contributed by atoms with Gasteiger partial charge in [-0.1, -0.05) is 23.3 Å². The van der Waals surface area contributed by atoms with Gasteiger partial charge in [0.2, 0.25) is 0 Å². The van der Waals surface area contributed by atoms with Crippen LogP contribution in [0.25, 0.3) is 0 Å². The van der Waals surface area contributed by atoms with Crippen LogP contribution < -0.4 is 23.7 Å². The number of aliphatic imine (C=N–C) groups is 2. The van der Waals surface area contributed by atoms with E-state index >= 15 is 0 Å². The third-order valence-electron chi connectivity index (χ3n) is 13.1. The number of Topliss-reactive ketones (excluding diaryl/α,β-unsaturated/α-hetero) is 1. The predicted molar refractivity (Wildman–Crippen MR) is 279 cm³/mol. The van der Waals surface area contributed by atoms with Gasteiger partial charge in [0.25, 0.3) is 11.8 Å². The predicted octanol–water partition coefficient (Wildman–Crippen LogP) is 6.77. The van der Waals surface area contributed by atoms with Crippen LogP contribution in [0.2, 0.25) is 0 Å². The molecule has 4 aliphatic heterocycles. The number of pyridine rings is 1. The fourth-order valence-corrected chi connectivity index (χ4v) is 8.96. The first-order valence-electron chi connectivity index (χ1n) is 25.4. The highest BCUT2D eigenvalue weighted by molar-refractivity contribution is 6.04. The van der Waals surface area contributed by atoms with Gasteiger partial charge in [-0.05, 0) is 58.7 Å². The van der Waals surface area contributed by atoms with E-state index in [0.717, 1.165) is 12.8 Å². The Labute approximate surface area is 434 Å². The van der Waals surface area contributed by atoms with E-state index in [1.165, 1.54) is 25.4 Å². The lowest BCUT2D eigenvalue weighted by atomic mass is 10.1. The number of benzene rings is 2. The van der Waals surface area contributed by atoms with Crippen molar-refractivity contribution in [2.75, 3.05) is 120 Å². The molecule has 2 saturated heterocycles. The van der Waals surface area contributed by atoms with Crippen molar-refractivity contribution in [3.63, 3.8) is 0 Å². The summed E-state index contributed by atoms with van der Waals surface area (Å²) < 4.78 is 58.2. The van der Waals surface area contributed by atoms with Gasteiger partial charge in [-0.2, -0.15) is 0 Å². The van der Waals surface area contributed by atoms with E-state index in [1.807, 2.05) is 48.2 Å². The van der Waals surface area contributed by atoms with Gasteiger partial charge < -0.3 is 62.0 Å². The number of fused-ring (bicyclic) bond motifs is 4. The molecule has 2 aromatic carbocycles. The third kappa shape index (κ3) is 15.4. The summed E-state index contributed by atoms with van der Waals surface area (Å²) >= 11 is 0. The van der Waals surface area contributed by atoms with Crippen LogP contribution in [0.1, 0.15) is 78.6 Å². The number of hydrogen-bond donors (Lipinski definition) is 0. The van der Waals surface area contributed by atoms with Gasteiger partial charge in [0.15, 0.2) is 23.0 Å². The van der Waals surface area contributed by atoms with Gasteiger partial charge >= 0.3 is 0 Å². The first-order chi connectivity index (χ1) is 36.1. The number of hydrogen-bond acceptors (Lipinski definition) is 17. The van der Waals surface area contributed by atoms with Gasteiger partial charge in [0, 0.05) is 76.4 Å². The molecule has 0 unspecified atom stereocenters. The van der Waals surface area contributed by atoms with Crippen LogP contribution in [0.4, 0.5) is 11.4 Å². The lowest BCUT2D eigenvalue weighted by Crippen LogP contribution is -2.35. The maximum absolute atomic E-state index is 13.8. The van der Waals surface area contributed by atoms with Gasteiger partial charge in [0.1, 0.15) is 31.4 Å². The molecule has 19 heteroatoms. The fraction of sp³-hybridized carbons (Fsp3) is 0.527. The average molecular weight is 1030 g/mol. The monoisotopic (exact) mass is 1020 g/mol. The lowest BCUT2D eigenvalue weighted by molar-refractivity contribution is -0.117. The first-order valence-corrected chi connectivity index (χ1v) is 25.4. The maximum Gasteiger partial charge on any atom is 0.257 e. The standard InChI is InChI=1S/C55H72N6O13/c1-7-39-24-43-32-56-48-30-52(50(66-5)28-46(48)54(63)60(43)34-39)73-36-41-26-45(72-15-13-59(11-9-10-38(3)62)12-14-68-18-19-70-22-23-71-21-20-69-17-16-65-4)27-42(58-41)37-74-53-31-49-47(29-51(53)67-6)55(64)61-35-40(8-2)25-44(61)33-57-49/h7-8,26-33,43-44H,9-25,34-37H2,1-6H3/b39-7+,40-8+/t43-,44-/m0/s1. The number of carbonyl (C=O) groups is 3. The van der Waals surface area contributed by atoms with Crippen molar-refractivity contribution in [1.29, 1.82) is 0 Å². The summed E-state index contributed by atoms with van der Waals surface area (Å²) in [5, 5.41) is 0. The molecular weight excluding hydrogens is 953 g/mol. The summed E-state index contributed by atoms with van der Waals surface area (Å²) in [5.74, 6) is 2.00. The lowest BCUT2D eigenvalue weighted by Gasteiger charge is -2.22. The molecule has 7 rings (SSSR count). The second-order valence-corrected chi connectivity index (χ2v) is 18.2. The Balaban J connectivity index is 1.02. The van der Waals surface area contributed by atoms with Crippen LogP contribution in [-0.4, -0.2) is 182 Å². The molecule has 3 aromatic rings. The minimum absolute atomic E-state index is 0.0114. The normalized spacial score (nSPS) is 17.9. The molecule has 0 radical (unpaired) electrons. The van der Waals surface area contributed by atoms with Crippen molar-refractivity contribution in [2.24, 2.45) is 9.98 Å². The van der Waals surface area contributed by atoms with Crippen molar-refractivity contribution < 1.29 is 61.8 Å². The Kier molecular flexibility index (Phi) is 21.3. The summed E-state index contributed by atoms with van der Waals surface area (Å²) in [6.07, 6.45) is 10.4. The highest BCUT2D eigenvalue weighted by Crippen LogP contribution is 2.41. The molecule has 5 heterocycles. The van der Waals surface area contributed by atoms with Crippen LogP contribution >= 0.6 is 0 Å².